The highest BCUT2D eigenvalue weighted by Gasteiger charge is 2.60. The standard InChI is InChI=1S/C10H15NO3S/c1-15(12,13)10(8-11)6-9(7-10)2-4-14-5-3-9/h2-7H2,1H3. The lowest BCUT2D eigenvalue weighted by atomic mass is 9.58. The fraction of sp³-hybridized carbons (Fsp3) is 0.900. The molecule has 15 heavy (non-hydrogen) atoms. The van der Waals surface area contributed by atoms with Gasteiger partial charge in [0, 0.05) is 19.5 Å². The van der Waals surface area contributed by atoms with Crippen molar-refractivity contribution in [1.29, 1.82) is 5.26 Å². The van der Waals surface area contributed by atoms with Crippen LogP contribution >= 0.6 is 0 Å². The Balaban J connectivity index is 2.16. The Morgan fingerprint density at radius 3 is 2.20 bits per heavy atom. The number of hydrogen-bond donors (Lipinski definition) is 0. The second-order valence-corrected chi connectivity index (χ2v) is 7.17. The van der Waals surface area contributed by atoms with E-state index in [2.05, 4.69) is 0 Å². The van der Waals surface area contributed by atoms with E-state index in [-0.39, 0.29) is 5.41 Å². The summed E-state index contributed by atoms with van der Waals surface area (Å²) in [5.74, 6) is 0. The maximum Gasteiger partial charge on any atom is 0.166 e. The zero-order valence-corrected chi connectivity index (χ0v) is 9.64. The summed E-state index contributed by atoms with van der Waals surface area (Å²) in [4.78, 5) is 0. The summed E-state index contributed by atoms with van der Waals surface area (Å²) in [6.45, 7) is 1.40. The van der Waals surface area contributed by atoms with Crippen LogP contribution in [0.5, 0.6) is 0 Å². The van der Waals surface area contributed by atoms with E-state index in [0.29, 0.717) is 26.1 Å². The van der Waals surface area contributed by atoms with Crippen molar-refractivity contribution in [2.45, 2.75) is 30.4 Å². The topological polar surface area (TPSA) is 67.2 Å². The maximum atomic E-state index is 11.5. The highest BCUT2D eigenvalue weighted by molar-refractivity contribution is 7.92. The predicted octanol–water partition coefficient (Wildman–Crippen LogP) is 0.884. The number of nitrogens with zero attached hydrogens (tertiary/aromatic N) is 1. The van der Waals surface area contributed by atoms with Crippen LogP contribution in [-0.2, 0) is 14.6 Å². The molecule has 0 amide bonds. The first kappa shape index (κ1) is 10.9. The molecule has 1 saturated carbocycles. The first-order valence-electron chi connectivity index (χ1n) is 5.12. The van der Waals surface area contributed by atoms with E-state index in [1.54, 1.807) is 0 Å². The van der Waals surface area contributed by atoms with Crippen molar-refractivity contribution in [1.82, 2.24) is 0 Å². The molecule has 0 aromatic heterocycles. The molecule has 1 aliphatic heterocycles. The van der Waals surface area contributed by atoms with Crippen LogP contribution in [0.25, 0.3) is 0 Å². The minimum absolute atomic E-state index is 0.0665. The van der Waals surface area contributed by atoms with Gasteiger partial charge in [-0.1, -0.05) is 0 Å². The van der Waals surface area contributed by atoms with E-state index >= 15 is 0 Å². The van der Waals surface area contributed by atoms with Crippen LogP contribution in [0.15, 0.2) is 0 Å². The van der Waals surface area contributed by atoms with Gasteiger partial charge in [0.05, 0.1) is 6.07 Å². The Hall–Kier alpha value is -0.600. The second kappa shape index (κ2) is 3.19. The summed E-state index contributed by atoms with van der Waals surface area (Å²) >= 11 is 0. The Bertz CT molecular complexity index is 393. The predicted molar refractivity (Wildman–Crippen MR) is 54.9 cm³/mol. The minimum Gasteiger partial charge on any atom is -0.381 e. The molecule has 0 aromatic carbocycles. The van der Waals surface area contributed by atoms with E-state index in [1.807, 2.05) is 6.07 Å². The van der Waals surface area contributed by atoms with Crippen LogP contribution in [0.1, 0.15) is 25.7 Å². The van der Waals surface area contributed by atoms with Crippen molar-refractivity contribution in [3.05, 3.63) is 0 Å². The van der Waals surface area contributed by atoms with Crippen molar-refractivity contribution in [2.24, 2.45) is 5.41 Å². The molecule has 1 heterocycles. The number of nitriles is 1. The number of ether oxygens (including phenoxy) is 1. The first-order valence-corrected chi connectivity index (χ1v) is 7.01. The van der Waals surface area contributed by atoms with Crippen LogP contribution < -0.4 is 0 Å². The maximum absolute atomic E-state index is 11.5. The zero-order valence-electron chi connectivity index (χ0n) is 8.82. The van der Waals surface area contributed by atoms with Crippen LogP contribution in [0.3, 0.4) is 0 Å². The number of rotatable bonds is 1. The number of sulfone groups is 1. The van der Waals surface area contributed by atoms with Gasteiger partial charge >= 0.3 is 0 Å². The van der Waals surface area contributed by atoms with Crippen molar-refractivity contribution in [2.75, 3.05) is 19.5 Å². The Morgan fingerprint density at radius 2 is 1.80 bits per heavy atom. The summed E-state index contributed by atoms with van der Waals surface area (Å²) in [7, 11) is -3.26. The van der Waals surface area contributed by atoms with E-state index < -0.39 is 14.6 Å². The molecule has 0 N–H and O–H groups in total. The fourth-order valence-electron chi connectivity index (χ4n) is 2.74. The molecule has 0 radical (unpaired) electrons. The summed E-state index contributed by atoms with van der Waals surface area (Å²) < 4.78 is 27.2. The van der Waals surface area contributed by atoms with Gasteiger partial charge in [-0.25, -0.2) is 8.42 Å². The SMILES string of the molecule is CS(=O)(=O)C1(C#N)CC2(CCOCC2)C1. The average Bonchev–Trinajstić information content (AvgIpc) is 2.13. The van der Waals surface area contributed by atoms with Gasteiger partial charge in [0.1, 0.15) is 0 Å². The molecule has 1 saturated heterocycles. The molecule has 1 spiro atoms. The van der Waals surface area contributed by atoms with Gasteiger partial charge < -0.3 is 4.74 Å². The number of hydrogen-bond acceptors (Lipinski definition) is 4. The smallest absolute Gasteiger partial charge is 0.166 e. The molecule has 84 valence electrons. The molecule has 2 aliphatic rings. The molecule has 0 aromatic rings. The quantitative estimate of drug-likeness (QED) is 0.669. The fourth-order valence-corrected chi connectivity index (χ4v) is 4.04. The van der Waals surface area contributed by atoms with Gasteiger partial charge in [-0.3, -0.25) is 0 Å². The van der Waals surface area contributed by atoms with Crippen molar-refractivity contribution < 1.29 is 13.2 Å². The minimum atomic E-state index is -3.26. The lowest BCUT2D eigenvalue weighted by Crippen LogP contribution is -2.57. The highest BCUT2D eigenvalue weighted by Crippen LogP contribution is 2.57. The lowest BCUT2D eigenvalue weighted by Gasteiger charge is -2.53. The van der Waals surface area contributed by atoms with Crippen LogP contribution in [0, 0.1) is 16.7 Å². The average molecular weight is 229 g/mol. The monoisotopic (exact) mass is 229 g/mol. The first-order chi connectivity index (χ1) is 6.93. The molecule has 2 fully saturated rings. The third-order valence-electron chi connectivity index (χ3n) is 3.79. The van der Waals surface area contributed by atoms with Gasteiger partial charge in [0.25, 0.3) is 0 Å². The van der Waals surface area contributed by atoms with Gasteiger partial charge in [0.2, 0.25) is 0 Å². The normalized spacial score (nSPS) is 28.0. The molecule has 5 heteroatoms. The molecule has 0 unspecified atom stereocenters. The van der Waals surface area contributed by atoms with Crippen molar-refractivity contribution in [3.63, 3.8) is 0 Å². The summed E-state index contributed by atoms with van der Waals surface area (Å²) in [6.07, 6.45) is 3.96. The van der Waals surface area contributed by atoms with Crippen LogP contribution in [-0.4, -0.2) is 32.6 Å². The van der Waals surface area contributed by atoms with Crippen molar-refractivity contribution in [3.8, 4) is 6.07 Å². The zero-order chi connectivity index (χ0) is 11.2. The van der Waals surface area contributed by atoms with E-state index in [4.69, 9.17) is 10.00 Å². The van der Waals surface area contributed by atoms with Crippen LogP contribution in [0.4, 0.5) is 0 Å². The Labute approximate surface area is 90.1 Å². The Kier molecular flexibility index (Phi) is 2.32. The lowest BCUT2D eigenvalue weighted by molar-refractivity contribution is -0.0381. The molecular weight excluding hydrogens is 214 g/mol. The molecule has 4 nitrogen and oxygen atoms in total. The summed E-state index contributed by atoms with van der Waals surface area (Å²) in [5, 5.41) is 9.03. The molecule has 0 bridgehead atoms. The van der Waals surface area contributed by atoms with E-state index in [1.165, 1.54) is 6.26 Å². The third kappa shape index (κ3) is 1.56. The summed E-state index contributed by atoms with van der Waals surface area (Å²) in [6, 6.07) is 2.00. The summed E-state index contributed by atoms with van der Waals surface area (Å²) in [5.41, 5.74) is 0.0665. The highest BCUT2D eigenvalue weighted by atomic mass is 32.2. The van der Waals surface area contributed by atoms with E-state index in [9.17, 15) is 8.42 Å². The van der Waals surface area contributed by atoms with E-state index in [0.717, 1.165) is 12.8 Å². The molecule has 1 aliphatic carbocycles. The molecular formula is C10H15NO3S. The molecule has 0 atom stereocenters. The molecule has 2 rings (SSSR count). The van der Waals surface area contributed by atoms with Gasteiger partial charge in [-0.15, -0.1) is 0 Å². The van der Waals surface area contributed by atoms with Crippen molar-refractivity contribution >= 4 is 9.84 Å². The van der Waals surface area contributed by atoms with Crippen LogP contribution in [0.2, 0.25) is 0 Å². The van der Waals surface area contributed by atoms with Gasteiger partial charge in [-0.2, -0.15) is 5.26 Å². The largest absolute Gasteiger partial charge is 0.381 e. The Morgan fingerprint density at radius 1 is 1.27 bits per heavy atom. The van der Waals surface area contributed by atoms with Gasteiger partial charge in [-0.05, 0) is 31.1 Å². The second-order valence-electron chi connectivity index (χ2n) is 4.84. The van der Waals surface area contributed by atoms with Gasteiger partial charge in [0.15, 0.2) is 14.6 Å². The third-order valence-corrected chi connectivity index (χ3v) is 5.59.